The minimum atomic E-state index is -0.739. The molecule has 0 aliphatic heterocycles. The molecule has 3 rings (SSSR count). The van der Waals surface area contributed by atoms with E-state index in [2.05, 4.69) is 0 Å². The van der Waals surface area contributed by atoms with E-state index in [1.807, 2.05) is 78.9 Å². The van der Waals surface area contributed by atoms with Crippen molar-refractivity contribution < 1.29 is 14.6 Å². The highest BCUT2D eigenvalue weighted by Gasteiger charge is 2.14. The van der Waals surface area contributed by atoms with Crippen molar-refractivity contribution in [1.29, 1.82) is 0 Å². The fraction of sp³-hybridized carbons (Fsp3) is 0.100. The first-order valence-electron chi connectivity index (χ1n) is 7.42. The molecule has 0 fully saturated rings. The maximum atomic E-state index is 10.6. The molecule has 0 heterocycles. The smallest absolute Gasteiger partial charge is 0.127 e. The normalized spacial score (nSPS) is 11.7. The SMILES string of the molecule is COc1ccccc1[C@@H](O)c1ccc(Oc2ccccc2)cc1. The van der Waals surface area contributed by atoms with Crippen molar-refractivity contribution in [2.45, 2.75) is 6.10 Å². The van der Waals surface area contributed by atoms with Crippen molar-refractivity contribution in [2.24, 2.45) is 0 Å². The van der Waals surface area contributed by atoms with Gasteiger partial charge in [0.1, 0.15) is 23.4 Å². The zero-order chi connectivity index (χ0) is 16.1. The Bertz CT molecular complexity index is 751. The highest BCUT2D eigenvalue weighted by atomic mass is 16.5. The quantitative estimate of drug-likeness (QED) is 0.750. The molecule has 1 atom stereocenters. The van der Waals surface area contributed by atoms with E-state index in [9.17, 15) is 5.11 Å². The van der Waals surface area contributed by atoms with E-state index in [0.717, 1.165) is 22.6 Å². The molecule has 0 amide bonds. The Morgan fingerprint density at radius 2 is 1.35 bits per heavy atom. The first kappa shape index (κ1) is 15.1. The van der Waals surface area contributed by atoms with Crippen LogP contribution in [0.5, 0.6) is 17.2 Å². The van der Waals surface area contributed by atoms with Gasteiger partial charge in [0, 0.05) is 5.56 Å². The molecule has 1 N–H and O–H groups in total. The summed E-state index contributed by atoms with van der Waals surface area (Å²) < 4.78 is 11.1. The van der Waals surface area contributed by atoms with E-state index >= 15 is 0 Å². The maximum Gasteiger partial charge on any atom is 0.127 e. The first-order valence-corrected chi connectivity index (χ1v) is 7.42. The van der Waals surface area contributed by atoms with Gasteiger partial charge in [-0.15, -0.1) is 0 Å². The summed E-state index contributed by atoms with van der Waals surface area (Å²) in [6.45, 7) is 0. The lowest BCUT2D eigenvalue weighted by molar-refractivity contribution is 0.214. The summed E-state index contributed by atoms with van der Waals surface area (Å²) in [5, 5.41) is 10.6. The molecule has 0 bridgehead atoms. The molecule has 3 nitrogen and oxygen atoms in total. The highest BCUT2D eigenvalue weighted by Crippen LogP contribution is 2.31. The number of hydrogen-bond donors (Lipinski definition) is 1. The summed E-state index contributed by atoms with van der Waals surface area (Å²) in [7, 11) is 1.60. The molecular formula is C20H18O3. The summed E-state index contributed by atoms with van der Waals surface area (Å²) in [4.78, 5) is 0. The third-order valence-corrected chi connectivity index (χ3v) is 3.61. The Morgan fingerprint density at radius 3 is 2.04 bits per heavy atom. The van der Waals surface area contributed by atoms with Gasteiger partial charge in [-0.05, 0) is 35.9 Å². The molecule has 116 valence electrons. The molecule has 0 spiro atoms. The molecular weight excluding hydrogens is 288 g/mol. The Kier molecular flexibility index (Phi) is 4.60. The minimum Gasteiger partial charge on any atom is -0.496 e. The van der Waals surface area contributed by atoms with Gasteiger partial charge in [0.2, 0.25) is 0 Å². The summed E-state index contributed by atoms with van der Waals surface area (Å²) in [6.07, 6.45) is -0.739. The van der Waals surface area contributed by atoms with Gasteiger partial charge in [-0.3, -0.25) is 0 Å². The molecule has 0 aromatic heterocycles. The van der Waals surface area contributed by atoms with E-state index in [1.54, 1.807) is 7.11 Å². The van der Waals surface area contributed by atoms with Crippen LogP contribution < -0.4 is 9.47 Å². The molecule has 0 radical (unpaired) electrons. The third kappa shape index (κ3) is 3.52. The molecule has 0 unspecified atom stereocenters. The minimum absolute atomic E-state index is 0.671. The fourth-order valence-corrected chi connectivity index (χ4v) is 2.41. The molecule has 0 saturated heterocycles. The second kappa shape index (κ2) is 6.99. The van der Waals surface area contributed by atoms with E-state index in [1.165, 1.54) is 0 Å². The molecule has 0 aliphatic carbocycles. The van der Waals surface area contributed by atoms with Crippen LogP contribution in [0, 0.1) is 0 Å². The molecule has 23 heavy (non-hydrogen) atoms. The molecule has 0 aliphatic rings. The number of benzene rings is 3. The summed E-state index contributed by atoms with van der Waals surface area (Å²) >= 11 is 0. The van der Waals surface area contributed by atoms with Gasteiger partial charge >= 0.3 is 0 Å². The number of hydrogen-bond acceptors (Lipinski definition) is 3. The van der Waals surface area contributed by atoms with Crippen LogP contribution in [0.15, 0.2) is 78.9 Å². The zero-order valence-corrected chi connectivity index (χ0v) is 12.8. The number of methoxy groups -OCH3 is 1. The topological polar surface area (TPSA) is 38.7 Å². The highest BCUT2D eigenvalue weighted by molar-refractivity contribution is 5.42. The van der Waals surface area contributed by atoms with E-state index in [0.29, 0.717) is 5.75 Å². The Labute approximate surface area is 135 Å². The van der Waals surface area contributed by atoms with E-state index in [-0.39, 0.29) is 0 Å². The van der Waals surface area contributed by atoms with Crippen LogP contribution >= 0.6 is 0 Å². The molecule has 3 aromatic carbocycles. The first-order chi connectivity index (χ1) is 11.3. The molecule has 3 aromatic rings. The van der Waals surface area contributed by atoms with Crippen LogP contribution in [0.3, 0.4) is 0 Å². The van der Waals surface area contributed by atoms with Gasteiger partial charge in [0.05, 0.1) is 7.11 Å². The maximum absolute atomic E-state index is 10.6. The predicted molar refractivity (Wildman–Crippen MR) is 90.0 cm³/mol. The van der Waals surface area contributed by atoms with Crippen LogP contribution in [0.25, 0.3) is 0 Å². The van der Waals surface area contributed by atoms with Crippen molar-refractivity contribution >= 4 is 0 Å². The number of aliphatic hydroxyl groups is 1. The number of ether oxygens (including phenoxy) is 2. The van der Waals surface area contributed by atoms with E-state index in [4.69, 9.17) is 9.47 Å². The predicted octanol–water partition coefficient (Wildman–Crippen LogP) is 4.57. The standard InChI is InChI=1S/C20H18O3/c1-22-19-10-6-5-9-18(19)20(21)15-11-13-17(14-12-15)23-16-7-3-2-4-8-16/h2-14,20-21H,1H3/t20-/m0/s1. The van der Waals surface area contributed by atoms with Crippen molar-refractivity contribution in [1.82, 2.24) is 0 Å². The number of para-hydroxylation sites is 2. The second-order valence-corrected chi connectivity index (χ2v) is 5.13. The van der Waals surface area contributed by atoms with Crippen molar-refractivity contribution in [3.8, 4) is 17.2 Å². The number of aliphatic hydroxyl groups excluding tert-OH is 1. The molecule has 0 saturated carbocycles. The van der Waals surface area contributed by atoms with Crippen LogP contribution in [0.4, 0.5) is 0 Å². The summed E-state index contributed by atoms with van der Waals surface area (Å²) in [6, 6.07) is 24.5. The second-order valence-electron chi connectivity index (χ2n) is 5.13. The van der Waals surface area contributed by atoms with Gasteiger partial charge in [-0.1, -0.05) is 48.5 Å². The van der Waals surface area contributed by atoms with Gasteiger partial charge in [-0.2, -0.15) is 0 Å². The van der Waals surface area contributed by atoms with Crippen molar-refractivity contribution in [3.63, 3.8) is 0 Å². The average Bonchev–Trinajstić information content (AvgIpc) is 2.62. The third-order valence-electron chi connectivity index (χ3n) is 3.61. The van der Waals surface area contributed by atoms with Gasteiger partial charge in [0.25, 0.3) is 0 Å². The molecule has 3 heteroatoms. The summed E-state index contributed by atoms with van der Waals surface area (Å²) in [5.41, 5.74) is 1.53. The fourth-order valence-electron chi connectivity index (χ4n) is 2.41. The lowest BCUT2D eigenvalue weighted by atomic mass is 10.0. The lowest BCUT2D eigenvalue weighted by Gasteiger charge is -2.15. The number of rotatable bonds is 5. The van der Waals surface area contributed by atoms with Gasteiger partial charge in [0.15, 0.2) is 0 Å². The monoisotopic (exact) mass is 306 g/mol. The Hall–Kier alpha value is -2.78. The van der Waals surface area contributed by atoms with Crippen LogP contribution in [0.1, 0.15) is 17.2 Å². The van der Waals surface area contributed by atoms with Crippen LogP contribution in [-0.2, 0) is 0 Å². The van der Waals surface area contributed by atoms with Crippen LogP contribution in [-0.4, -0.2) is 12.2 Å². The van der Waals surface area contributed by atoms with E-state index < -0.39 is 6.10 Å². The Morgan fingerprint density at radius 1 is 0.739 bits per heavy atom. The average molecular weight is 306 g/mol. The van der Waals surface area contributed by atoms with Crippen molar-refractivity contribution in [2.75, 3.05) is 7.11 Å². The van der Waals surface area contributed by atoms with Crippen molar-refractivity contribution in [3.05, 3.63) is 90.0 Å². The van der Waals surface area contributed by atoms with Gasteiger partial charge < -0.3 is 14.6 Å². The van der Waals surface area contributed by atoms with Gasteiger partial charge in [-0.25, -0.2) is 0 Å². The summed E-state index contributed by atoms with van der Waals surface area (Å²) in [5.74, 6) is 2.18. The van der Waals surface area contributed by atoms with Crippen LogP contribution in [0.2, 0.25) is 0 Å². The Balaban J connectivity index is 1.79. The largest absolute Gasteiger partial charge is 0.496 e. The lowest BCUT2D eigenvalue weighted by Crippen LogP contribution is -2.02. The zero-order valence-electron chi connectivity index (χ0n) is 12.8.